The second-order valence-electron chi connectivity index (χ2n) is 6.68. The number of hydrogen-bond acceptors (Lipinski definition) is 8. The summed E-state index contributed by atoms with van der Waals surface area (Å²) >= 11 is 0. The van der Waals surface area contributed by atoms with Crippen LogP contribution in [0.1, 0.15) is 55.5 Å². The number of benzene rings is 1. The average molecular weight is 460 g/mol. The van der Waals surface area contributed by atoms with Gasteiger partial charge in [-0.05, 0) is 57.2 Å². The lowest BCUT2D eigenvalue weighted by Crippen LogP contribution is -2.42. The number of nitrogens with one attached hydrogen (secondary N) is 1. The molecule has 0 aliphatic carbocycles. The van der Waals surface area contributed by atoms with Gasteiger partial charge in [0.1, 0.15) is 6.04 Å². The van der Waals surface area contributed by atoms with Crippen molar-refractivity contribution in [1.29, 1.82) is 0 Å². The fourth-order valence-corrected chi connectivity index (χ4v) is 3.15. The third kappa shape index (κ3) is 9.90. The lowest BCUT2D eigenvalue weighted by Gasteiger charge is -2.17. The van der Waals surface area contributed by atoms with Gasteiger partial charge in [-0.1, -0.05) is 12.1 Å². The molecule has 0 spiro atoms. The Balaban J connectivity index is 2.67. The fourth-order valence-electron chi connectivity index (χ4n) is 2.68. The first-order valence-electron chi connectivity index (χ1n) is 9.94. The Bertz CT molecular complexity index is 837. The Hall–Kier alpha value is -2.50. The van der Waals surface area contributed by atoms with Gasteiger partial charge >= 0.3 is 11.9 Å². The molecule has 0 heterocycles. The topological polar surface area (TPSA) is 156 Å². The molecule has 1 rings (SSSR count). The Morgan fingerprint density at radius 1 is 1.03 bits per heavy atom. The van der Waals surface area contributed by atoms with Crippen LogP contribution < -0.4 is 5.32 Å². The molecule has 0 radical (unpaired) electrons. The van der Waals surface area contributed by atoms with Crippen LogP contribution in [-0.2, 0) is 35.6 Å². The second-order valence-corrected chi connectivity index (χ2v) is 8.25. The Morgan fingerprint density at radius 2 is 1.65 bits per heavy atom. The van der Waals surface area contributed by atoms with Gasteiger partial charge in [0.2, 0.25) is 0 Å². The first kappa shape index (κ1) is 26.5. The molecule has 0 fully saturated rings. The van der Waals surface area contributed by atoms with E-state index >= 15 is 0 Å². The van der Waals surface area contributed by atoms with E-state index in [0.717, 1.165) is 5.56 Å². The number of hydrogen-bond donors (Lipinski definition) is 3. The van der Waals surface area contributed by atoms with E-state index in [-0.39, 0.29) is 38.0 Å². The van der Waals surface area contributed by atoms with Gasteiger partial charge < -0.3 is 19.9 Å². The molecule has 0 aromatic heterocycles. The molecule has 0 bridgehead atoms. The molecule has 1 aromatic carbocycles. The first-order chi connectivity index (χ1) is 14.6. The summed E-state index contributed by atoms with van der Waals surface area (Å²) in [5, 5.41) is 11.9. The van der Waals surface area contributed by atoms with Crippen molar-refractivity contribution in [1.82, 2.24) is 5.32 Å². The van der Waals surface area contributed by atoms with Crippen LogP contribution in [0.3, 0.4) is 0 Å². The Morgan fingerprint density at radius 3 is 2.19 bits per heavy atom. The molecule has 0 saturated carbocycles. The average Bonchev–Trinajstić information content (AvgIpc) is 2.71. The third-order valence-electron chi connectivity index (χ3n) is 4.30. The zero-order valence-corrected chi connectivity index (χ0v) is 18.4. The van der Waals surface area contributed by atoms with Gasteiger partial charge in [-0.2, -0.15) is 8.42 Å². The number of carbonyl (C=O) groups is 3. The van der Waals surface area contributed by atoms with E-state index in [9.17, 15) is 27.9 Å². The first-order valence-corrected chi connectivity index (χ1v) is 11.4. The van der Waals surface area contributed by atoms with Gasteiger partial charge in [-0.25, -0.2) is 4.79 Å². The van der Waals surface area contributed by atoms with Crippen LogP contribution in [0.4, 0.5) is 0 Å². The fraction of sp³-hybridized carbons (Fsp3) is 0.550. The normalized spacial score (nSPS) is 13.2. The highest BCUT2D eigenvalue weighted by atomic mass is 32.2. The molecule has 0 saturated heterocycles. The largest absolute Gasteiger partial charge is 0.466 e. The zero-order valence-electron chi connectivity index (χ0n) is 17.6. The van der Waals surface area contributed by atoms with Gasteiger partial charge in [-0.3, -0.25) is 14.1 Å². The van der Waals surface area contributed by atoms with Crippen molar-refractivity contribution in [3.05, 3.63) is 35.4 Å². The quantitative estimate of drug-likeness (QED) is 0.291. The molecule has 2 atom stereocenters. The highest BCUT2D eigenvalue weighted by Crippen LogP contribution is 2.12. The van der Waals surface area contributed by atoms with E-state index in [1.54, 1.807) is 26.0 Å². The van der Waals surface area contributed by atoms with Crippen LogP contribution in [0, 0.1) is 0 Å². The molecule has 2 unspecified atom stereocenters. The van der Waals surface area contributed by atoms with Crippen LogP contribution in [0.5, 0.6) is 0 Å². The molecule has 31 heavy (non-hydrogen) atoms. The number of rotatable bonds is 13. The minimum Gasteiger partial charge on any atom is -0.466 e. The van der Waals surface area contributed by atoms with Gasteiger partial charge in [0.05, 0.1) is 13.2 Å². The molecule has 11 heteroatoms. The van der Waals surface area contributed by atoms with Gasteiger partial charge in [-0.15, -0.1) is 0 Å². The van der Waals surface area contributed by atoms with Crippen LogP contribution in [0.2, 0.25) is 0 Å². The maximum atomic E-state index is 12.5. The van der Waals surface area contributed by atoms with Crippen LogP contribution in [0.15, 0.2) is 24.3 Å². The highest BCUT2D eigenvalue weighted by Gasteiger charge is 2.24. The summed E-state index contributed by atoms with van der Waals surface area (Å²) in [5.74, 6) is -1.64. The molecule has 3 N–H and O–H groups in total. The van der Waals surface area contributed by atoms with Crippen LogP contribution in [0.25, 0.3) is 0 Å². The number of carbonyl (C=O) groups excluding carboxylic acids is 3. The van der Waals surface area contributed by atoms with Crippen molar-refractivity contribution in [3.63, 3.8) is 0 Å². The Kier molecular flexibility index (Phi) is 11.2. The summed E-state index contributed by atoms with van der Waals surface area (Å²) in [6.45, 7) is 3.65. The zero-order chi connectivity index (χ0) is 23.4. The molecular formula is C20H29NO9S. The number of aliphatic hydroxyl groups excluding tert-OH is 1. The van der Waals surface area contributed by atoms with Crippen molar-refractivity contribution >= 4 is 28.0 Å². The standard InChI is InChI=1S/C20H29NO9S/c1-3-29-17(22)13-12-16(20(25)30-4-2)21-19(24)15-10-8-14(9-11-15)6-5-7-18(23)31(26,27)28/h8-11,16,18,23H,3-7,12-13H2,1-2H3,(H,21,24)(H,26,27,28). The van der Waals surface area contributed by atoms with E-state index in [1.165, 1.54) is 12.1 Å². The number of esters is 2. The molecule has 0 aliphatic rings. The van der Waals surface area contributed by atoms with Crippen molar-refractivity contribution in [2.24, 2.45) is 0 Å². The second kappa shape index (κ2) is 13.0. The molecule has 10 nitrogen and oxygen atoms in total. The number of aliphatic hydroxyl groups is 1. The van der Waals surface area contributed by atoms with E-state index in [2.05, 4.69) is 5.32 Å². The Labute approximate surface area is 181 Å². The summed E-state index contributed by atoms with van der Waals surface area (Å²) in [7, 11) is -4.48. The minimum atomic E-state index is -4.48. The number of amides is 1. The summed E-state index contributed by atoms with van der Waals surface area (Å²) in [6, 6.07) is 5.40. The molecule has 0 aliphatic heterocycles. The molecule has 1 amide bonds. The van der Waals surface area contributed by atoms with Crippen molar-refractivity contribution < 1.29 is 41.9 Å². The summed E-state index contributed by atoms with van der Waals surface area (Å²) in [6.07, 6.45) is 0.608. The molecule has 1 aromatic rings. The van der Waals surface area contributed by atoms with Crippen molar-refractivity contribution in [2.75, 3.05) is 13.2 Å². The molecular weight excluding hydrogens is 430 g/mol. The summed E-state index contributed by atoms with van der Waals surface area (Å²) < 4.78 is 40.1. The summed E-state index contributed by atoms with van der Waals surface area (Å²) in [5.41, 5.74) is -0.748. The van der Waals surface area contributed by atoms with Gasteiger partial charge in [0, 0.05) is 12.0 Å². The van der Waals surface area contributed by atoms with Crippen LogP contribution in [-0.4, -0.2) is 60.6 Å². The van der Waals surface area contributed by atoms with E-state index in [1.807, 2.05) is 0 Å². The monoisotopic (exact) mass is 459 g/mol. The number of ether oxygens (including phenoxy) is 2. The van der Waals surface area contributed by atoms with Gasteiger partial charge in [0.25, 0.3) is 16.0 Å². The van der Waals surface area contributed by atoms with Crippen molar-refractivity contribution in [2.45, 2.75) is 57.4 Å². The highest BCUT2D eigenvalue weighted by molar-refractivity contribution is 7.86. The van der Waals surface area contributed by atoms with E-state index in [0.29, 0.717) is 12.8 Å². The predicted molar refractivity (Wildman–Crippen MR) is 111 cm³/mol. The third-order valence-corrected chi connectivity index (χ3v) is 5.22. The van der Waals surface area contributed by atoms with Crippen molar-refractivity contribution in [3.8, 4) is 0 Å². The van der Waals surface area contributed by atoms with Crippen LogP contribution >= 0.6 is 0 Å². The lowest BCUT2D eigenvalue weighted by molar-refractivity contribution is -0.146. The maximum absolute atomic E-state index is 12.5. The lowest BCUT2D eigenvalue weighted by atomic mass is 10.1. The maximum Gasteiger partial charge on any atom is 0.328 e. The summed E-state index contributed by atoms with van der Waals surface area (Å²) in [4.78, 5) is 36.2. The van der Waals surface area contributed by atoms with E-state index < -0.39 is 39.4 Å². The van der Waals surface area contributed by atoms with E-state index in [4.69, 9.17) is 14.0 Å². The predicted octanol–water partition coefficient (Wildman–Crippen LogP) is 1.22. The SMILES string of the molecule is CCOC(=O)CCC(NC(=O)c1ccc(CCCC(O)S(=O)(=O)O)cc1)C(=O)OCC. The minimum absolute atomic E-state index is 0.0393. The smallest absolute Gasteiger partial charge is 0.328 e. The number of aryl methyl sites for hydroxylation is 1. The molecule has 174 valence electrons. The van der Waals surface area contributed by atoms with Gasteiger partial charge in [0.15, 0.2) is 5.44 Å².